The average Bonchev–Trinajstić information content (AvgIpc) is 2.47. The molecule has 10 heteroatoms. The Morgan fingerprint density at radius 2 is 2.00 bits per heavy atom. The van der Waals surface area contributed by atoms with E-state index in [1.165, 1.54) is 18.5 Å². The van der Waals surface area contributed by atoms with Crippen LogP contribution in [0, 0.1) is 10.1 Å². The van der Waals surface area contributed by atoms with Crippen LogP contribution in [0.25, 0.3) is 0 Å². The topological polar surface area (TPSA) is 143 Å². The summed E-state index contributed by atoms with van der Waals surface area (Å²) in [6.45, 7) is 0. The molecular formula is C12H10N2O7P+. The van der Waals surface area contributed by atoms with Gasteiger partial charge in [0.25, 0.3) is 5.69 Å². The third-order valence-electron chi connectivity index (χ3n) is 2.54. The minimum atomic E-state index is -4.87. The summed E-state index contributed by atoms with van der Waals surface area (Å²) in [6.07, 6.45) is 2.81. The number of hydrogen-bond acceptors (Lipinski definition) is 8. The molecule has 0 aliphatic heterocycles. The van der Waals surface area contributed by atoms with E-state index in [-0.39, 0.29) is 11.5 Å². The molecule has 1 aromatic heterocycles. The standard InChI is InChI=1S/C12H10N2O7P/c15-12(22(18,19)20)10-6-8(14(16)17)3-4-11(10)21-9-2-1-5-13-7-9/h1-7,18-20H/q+1. The lowest BCUT2D eigenvalue weighted by Crippen LogP contribution is -2.08. The molecule has 0 bridgehead atoms. The molecule has 2 aromatic rings. The quantitative estimate of drug-likeness (QED) is 0.428. The van der Waals surface area contributed by atoms with Crippen molar-refractivity contribution in [1.29, 1.82) is 0 Å². The normalized spacial score (nSPS) is 11.0. The molecule has 114 valence electrons. The summed E-state index contributed by atoms with van der Waals surface area (Å²) in [4.78, 5) is 52.9. The maximum atomic E-state index is 11.8. The first-order valence-corrected chi connectivity index (χ1v) is 7.42. The zero-order valence-electron chi connectivity index (χ0n) is 10.9. The van der Waals surface area contributed by atoms with E-state index < -0.39 is 29.6 Å². The van der Waals surface area contributed by atoms with E-state index in [4.69, 9.17) is 19.4 Å². The molecule has 0 fully saturated rings. The first-order chi connectivity index (χ1) is 10.3. The van der Waals surface area contributed by atoms with E-state index in [1.807, 2.05) is 0 Å². The number of ether oxygens (including phenoxy) is 1. The van der Waals surface area contributed by atoms with E-state index in [1.54, 1.807) is 6.07 Å². The van der Waals surface area contributed by atoms with Gasteiger partial charge in [-0.2, -0.15) is 14.7 Å². The zero-order valence-corrected chi connectivity index (χ0v) is 11.8. The Bertz CT molecular complexity index is 715. The van der Waals surface area contributed by atoms with Gasteiger partial charge in [-0.15, -0.1) is 0 Å². The smallest absolute Gasteiger partial charge is 0.455 e. The molecule has 0 unspecified atom stereocenters. The molecule has 22 heavy (non-hydrogen) atoms. The SMILES string of the molecule is O=C(c1cc([N+](=O)[O-])ccc1Oc1cccnc1)[P+](O)(O)O. The molecule has 0 saturated carbocycles. The van der Waals surface area contributed by atoms with Crippen LogP contribution in [0.2, 0.25) is 0 Å². The molecule has 2 rings (SSSR count). The summed E-state index contributed by atoms with van der Waals surface area (Å²) in [6, 6.07) is 6.07. The summed E-state index contributed by atoms with van der Waals surface area (Å²) in [5.41, 5.74) is -2.43. The van der Waals surface area contributed by atoms with Crippen molar-refractivity contribution >= 4 is 19.2 Å². The number of aromatic nitrogens is 1. The van der Waals surface area contributed by atoms with E-state index >= 15 is 0 Å². The average molecular weight is 325 g/mol. The highest BCUT2D eigenvalue weighted by atomic mass is 31.2. The molecule has 0 saturated heterocycles. The number of carbonyl (C=O) groups excluding carboxylic acids is 1. The molecule has 0 aliphatic carbocycles. The Labute approximate surface area is 124 Å². The number of pyridine rings is 1. The maximum Gasteiger partial charge on any atom is 0.484 e. The maximum absolute atomic E-state index is 11.8. The number of hydrogen-bond donors (Lipinski definition) is 3. The molecule has 0 aliphatic rings. The van der Waals surface area contributed by atoms with Gasteiger partial charge < -0.3 is 4.74 Å². The number of non-ortho nitro benzene ring substituents is 1. The first kappa shape index (κ1) is 15.9. The van der Waals surface area contributed by atoms with Gasteiger partial charge in [-0.05, 0) is 18.2 Å². The van der Waals surface area contributed by atoms with E-state index in [9.17, 15) is 14.9 Å². The van der Waals surface area contributed by atoms with Gasteiger partial charge in [-0.25, -0.2) is 4.79 Å². The van der Waals surface area contributed by atoms with Crippen LogP contribution in [0.4, 0.5) is 5.69 Å². The van der Waals surface area contributed by atoms with Crippen LogP contribution >= 0.6 is 7.94 Å². The molecule has 1 aromatic carbocycles. The Kier molecular flexibility index (Phi) is 4.43. The first-order valence-electron chi connectivity index (χ1n) is 5.77. The number of rotatable bonds is 5. The highest BCUT2D eigenvalue weighted by molar-refractivity contribution is 7.76. The summed E-state index contributed by atoms with van der Waals surface area (Å²) >= 11 is 0. The van der Waals surface area contributed by atoms with Crippen molar-refractivity contribution in [3.05, 3.63) is 58.4 Å². The van der Waals surface area contributed by atoms with Crippen LogP contribution in [0.3, 0.4) is 0 Å². The lowest BCUT2D eigenvalue weighted by molar-refractivity contribution is -0.384. The molecule has 0 spiro atoms. The van der Waals surface area contributed by atoms with Crippen molar-refractivity contribution < 1.29 is 29.1 Å². The largest absolute Gasteiger partial charge is 0.484 e. The second-order valence-electron chi connectivity index (χ2n) is 4.10. The van der Waals surface area contributed by atoms with Crippen molar-refractivity contribution in [3.63, 3.8) is 0 Å². The highest BCUT2D eigenvalue weighted by Crippen LogP contribution is 2.50. The van der Waals surface area contributed by atoms with Gasteiger partial charge in [0.1, 0.15) is 17.1 Å². The second kappa shape index (κ2) is 6.12. The minimum absolute atomic E-state index is 0.176. The van der Waals surface area contributed by atoms with Gasteiger partial charge >= 0.3 is 13.5 Å². The third kappa shape index (κ3) is 3.60. The molecular weight excluding hydrogens is 315 g/mol. The Morgan fingerprint density at radius 1 is 1.27 bits per heavy atom. The van der Waals surface area contributed by atoms with Gasteiger partial charge in [0, 0.05) is 18.3 Å². The summed E-state index contributed by atoms with van der Waals surface area (Å²) < 4.78 is 5.34. The van der Waals surface area contributed by atoms with E-state index in [2.05, 4.69) is 4.98 Å². The van der Waals surface area contributed by atoms with Gasteiger partial charge in [-0.3, -0.25) is 15.1 Å². The lowest BCUT2D eigenvalue weighted by atomic mass is 10.2. The number of nitro groups is 1. The second-order valence-corrected chi connectivity index (χ2v) is 5.64. The Balaban J connectivity index is 2.49. The van der Waals surface area contributed by atoms with Gasteiger partial charge in [0.2, 0.25) is 0 Å². The van der Waals surface area contributed by atoms with Crippen LogP contribution in [0.15, 0.2) is 42.7 Å². The molecule has 1 heterocycles. The molecule has 9 nitrogen and oxygen atoms in total. The van der Waals surface area contributed by atoms with E-state index in [0.29, 0.717) is 0 Å². The number of carbonyl (C=O) groups is 1. The van der Waals surface area contributed by atoms with Gasteiger partial charge in [-0.1, -0.05) is 0 Å². The van der Waals surface area contributed by atoms with Crippen molar-refractivity contribution in [2.75, 3.05) is 0 Å². The third-order valence-corrected chi connectivity index (χ3v) is 3.32. The predicted molar refractivity (Wildman–Crippen MR) is 75.3 cm³/mol. The molecule has 0 radical (unpaired) electrons. The fourth-order valence-corrected chi connectivity index (χ4v) is 2.08. The van der Waals surface area contributed by atoms with Crippen LogP contribution in [0.5, 0.6) is 11.5 Å². The van der Waals surface area contributed by atoms with Crippen molar-refractivity contribution in [1.82, 2.24) is 4.98 Å². The summed E-state index contributed by atoms with van der Waals surface area (Å²) in [5, 5.41) is 10.8. The molecule has 0 atom stereocenters. The lowest BCUT2D eigenvalue weighted by Gasteiger charge is -2.09. The minimum Gasteiger partial charge on any atom is -0.455 e. The number of nitrogens with zero attached hydrogens (tertiary/aromatic N) is 2. The fraction of sp³-hybridized carbons (Fsp3) is 0. The Morgan fingerprint density at radius 3 is 2.55 bits per heavy atom. The van der Waals surface area contributed by atoms with Crippen LogP contribution in [0.1, 0.15) is 10.4 Å². The van der Waals surface area contributed by atoms with Gasteiger partial charge in [0.05, 0.1) is 11.1 Å². The monoisotopic (exact) mass is 325 g/mol. The zero-order chi connectivity index (χ0) is 16.3. The van der Waals surface area contributed by atoms with Crippen LogP contribution < -0.4 is 4.74 Å². The van der Waals surface area contributed by atoms with Crippen LogP contribution in [-0.2, 0) is 0 Å². The Hall–Kier alpha value is -2.45. The van der Waals surface area contributed by atoms with Crippen molar-refractivity contribution in [2.24, 2.45) is 0 Å². The predicted octanol–water partition coefficient (Wildman–Crippen LogP) is 1.66. The fourth-order valence-electron chi connectivity index (χ4n) is 1.58. The van der Waals surface area contributed by atoms with Gasteiger partial charge in [0.15, 0.2) is 0 Å². The number of nitro benzene ring substituents is 1. The number of benzene rings is 1. The summed E-state index contributed by atoms with van der Waals surface area (Å²) in [5.74, 6) is 0.0493. The van der Waals surface area contributed by atoms with Crippen molar-refractivity contribution in [3.8, 4) is 11.5 Å². The van der Waals surface area contributed by atoms with E-state index in [0.717, 1.165) is 18.2 Å². The highest BCUT2D eigenvalue weighted by Gasteiger charge is 2.45. The van der Waals surface area contributed by atoms with Crippen molar-refractivity contribution in [2.45, 2.75) is 0 Å². The molecule has 0 amide bonds. The molecule has 3 N–H and O–H groups in total. The van der Waals surface area contributed by atoms with Crippen LogP contribution in [-0.4, -0.2) is 30.1 Å². The summed E-state index contributed by atoms with van der Waals surface area (Å²) in [7, 11) is -4.87.